The Morgan fingerprint density at radius 3 is 1.55 bits per heavy atom. The third-order valence-corrected chi connectivity index (χ3v) is 14.5. The predicted molar refractivity (Wildman–Crippen MR) is 269 cm³/mol. The second-order valence-corrected chi connectivity index (χ2v) is 18.3. The molecular formula is C54H62N10O3. The van der Waals surface area contributed by atoms with Crippen LogP contribution in [0.1, 0.15) is 74.3 Å². The lowest BCUT2D eigenvalue weighted by Crippen LogP contribution is -2.51. The van der Waals surface area contributed by atoms with Crippen molar-refractivity contribution in [1.82, 2.24) is 40.1 Å². The van der Waals surface area contributed by atoms with Gasteiger partial charge in [-0.1, -0.05) is 12.1 Å². The fourth-order valence-electron chi connectivity index (χ4n) is 10.9. The first-order chi connectivity index (χ1) is 33.0. The number of ketones is 1. The van der Waals surface area contributed by atoms with Crippen LogP contribution < -0.4 is 24.6 Å². The summed E-state index contributed by atoms with van der Waals surface area (Å²) in [5.41, 5.74) is 9.25. The number of fused-ring (bicyclic) bond motifs is 4. The second-order valence-electron chi connectivity index (χ2n) is 18.3. The summed E-state index contributed by atoms with van der Waals surface area (Å²) in [6.45, 7) is 8.35. The molecule has 2 aromatic carbocycles. The van der Waals surface area contributed by atoms with Crippen molar-refractivity contribution in [2.45, 2.75) is 69.2 Å². The molecule has 2 aliphatic heterocycles. The molecule has 67 heavy (non-hydrogen) atoms. The summed E-state index contributed by atoms with van der Waals surface area (Å²) in [6.07, 6.45) is 20.2. The van der Waals surface area contributed by atoms with Gasteiger partial charge in [-0.05, 0) is 110 Å². The first-order valence-corrected chi connectivity index (χ1v) is 24.2. The van der Waals surface area contributed by atoms with Crippen LogP contribution in [0.25, 0.3) is 43.9 Å². The highest BCUT2D eigenvalue weighted by molar-refractivity contribution is 5.93. The number of aromatic nitrogens is 6. The van der Waals surface area contributed by atoms with Crippen molar-refractivity contribution in [3.63, 3.8) is 0 Å². The van der Waals surface area contributed by atoms with E-state index in [1.807, 2.05) is 48.9 Å². The molecule has 2 saturated carbocycles. The predicted octanol–water partition coefficient (Wildman–Crippen LogP) is 9.41. The van der Waals surface area contributed by atoms with Crippen LogP contribution in [0.5, 0.6) is 11.5 Å². The van der Waals surface area contributed by atoms with Crippen molar-refractivity contribution < 1.29 is 14.3 Å². The van der Waals surface area contributed by atoms with Gasteiger partial charge in [0.15, 0.2) is 0 Å². The van der Waals surface area contributed by atoms with Gasteiger partial charge in [0, 0.05) is 142 Å². The number of carbonyl (C=O) groups is 1. The van der Waals surface area contributed by atoms with Crippen molar-refractivity contribution in [3.8, 4) is 11.5 Å². The summed E-state index contributed by atoms with van der Waals surface area (Å²) in [7, 11) is 3.45. The van der Waals surface area contributed by atoms with E-state index in [1.54, 1.807) is 20.4 Å². The van der Waals surface area contributed by atoms with Gasteiger partial charge in [-0.25, -0.2) is 9.97 Å². The Balaban J connectivity index is 0.000000130. The average molecular weight is 899 g/mol. The number of nitrogens with zero attached hydrogens (tertiary/aromatic N) is 7. The number of Topliss-reactive ketones (excluding diaryl/α,β-unsaturated/α-hetero) is 1. The topological polar surface area (TPSA) is 140 Å². The summed E-state index contributed by atoms with van der Waals surface area (Å²) in [6, 6.07) is 25.5. The normalized spacial score (nSPS) is 19.5. The SMILES string of the molecule is COc1cc(N2CCN(C3CCC(c4c[nH]c5ncccc45)CC3)CC2)c2ncccc2c1.COc1cc(N2CCNCC2)c2ncccc2c1.O=C1CCC(c2c[nH]c3ncccc23)CC1. The maximum atomic E-state index is 11.2. The Morgan fingerprint density at radius 2 is 1.03 bits per heavy atom. The zero-order valence-electron chi connectivity index (χ0n) is 38.8. The van der Waals surface area contributed by atoms with Crippen LogP contribution in [0.4, 0.5) is 11.4 Å². The van der Waals surface area contributed by atoms with Crippen LogP contribution in [0, 0.1) is 0 Å². The summed E-state index contributed by atoms with van der Waals surface area (Å²) in [4.78, 5) is 43.3. The van der Waals surface area contributed by atoms with E-state index in [0.717, 1.165) is 123 Å². The number of benzene rings is 2. The van der Waals surface area contributed by atoms with E-state index >= 15 is 0 Å². The molecule has 0 radical (unpaired) electrons. The first-order valence-electron chi connectivity index (χ1n) is 24.2. The summed E-state index contributed by atoms with van der Waals surface area (Å²) in [5, 5.41) is 8.15. The van der Waals surface area contributed by atoms with E-state index in [0.29, 0.717) is 23.7 Å². The van der Waals surface area contributed by atoms with Crippen molar-refractivity contribution >= 4 is 61.0 Å². The Hall–Kier alpha value is -6.57. The standard InChI is InChI=1S/C27H31N5O.C14H17N3O.C13H14N2O/c1-33-22-16-20-4-2-10-28-26(20)25(17-22)32-14-12-31(13-15-32)21-8-6-19(7-9-21)24-18-30-27-23(24)5-3-11-29-27;1-18-12-9-11-3-2-4-16-14(11)13(10-12)17-7-5-15-6-8-17;16-10-5-3-9(4-6-10)12-8-15-13-11(12)2-1-7-14-13/h2-5,10-11,16-19,21H,6-9,12-15H2,1H3,(H,29,30);2-4,9-10,15H,5-8H2,1H3;1-2,7-9H,3-6H2,(H,14,15). The lowest BCUT2D eigenvalue weighted by molar-refractivity contribution is -0.120. The van der Waals surface area contributed by atoms with Crippen molar-refractivity contribution in [2.24, 2.45) is 0 Å². The smallest absolute Gasteiger partial charge is 0.137 e. The molecule has 4 aliphatic rings. The van der Waals surface area contributed by atoms with Gasteiger partial charge in [0.1, 0.15) is 28.6 Å². The summed E-state index contributed by atoms with van der Waals surface area (Å²) < 4.78 is 11.0. The van der Waals surface area contributed by atoms with Crippen LogP contribution in [-0.2, 0) is 4.79 Å². The van der Waals surface area contributed by atoms with Gasteiger partial charge in [-0.2, -0.15) is 0 Å². The molecule has 13 heteroatoms. The molecule has 0 spiro atoms. The number of ether oxygens (including phenoxy) is 2. The van der Waals surface area contributed by atoms with Gasteiger partial charge in [0.25, 0.3) is 0 Å². The molecule has 0 bridgehead atoms. The number of pyridine rings is 4. The maximum absolute atomic E-state index is 11.2. The fraction of sp³-hybridized carbons (Fsp3) is 0.389. The molecule has 0 atom stereocenters. The molecule has 2 saturated heterocycles. The Labute approximate surface area is 392 Å². The van der Waals surface area contributed by atoms with Gasteiger partial charge in [-0.3, -0.25) is 19.7 Å². The van der Waals surface area contributed by atoms with Crippen LogP contribution in [0.15, 0.2) is 110 Å². The molecule has 6 aromatic heterocycles. The van der Waals surface area contributed by atoms with Gasteiger partial charge in [0.05, 0.1) is 36.6 Å². The van der Waals surface area contributed by atoms with Gasteiger partial charge in [0.2, 0.25) is 0 Å². The molecule has 13 nitrogen and oxygen atoms in total. The minimum atomic E-state index is 0.411. The maximum Gasteiger partial charge on any atom is 0.137 e. The molecular weight excluding hydrogens is 837 g/mol. The monoisotopic (exact) mass is 899 g/mol. The Morgan fingerprint density at radius 1 is 0.552 bits per heavy atom. The van der Waals surface area contributed by atoms with Crippen molar-refractivity contribution in [3.05, 3.63) is 121 Å². The summed E-state index contributed by atoms with van der Waals surface area (Å²) >= 11 is 0. The van der Waals surface area contributed by atoms with E-state index in [9.17, 15) is 4.79 Å². The number of carbonyl (C=O) groups excluding carboxylic acids is 1. The molecule has 0 unspecified atom stereocenters. The molecule has 3 N–H and O–H groups in total. The number of hydrogen-bond donors (Lipinski definition) is 3. The first kappa shape index (κ1) is 44.3. The summed E-state index contributed by atoms with van der Waals surface area (Å²) in [5.74, 6) is 3.38. The Bertz CT molecular complexity index is 2920. The number of H-pyrrole nitrogens is 2. The molecule has 8 aromatic rings. The molecule has 2 aliphatic carbocycles. The van der Waals surface area contributed by atoms with Gasteiger partial charge in [-0.15, -0.1) is 0 Å². The van der Waals surface area contributed by atoms with Gasteiger partial charge < -0.3 is 34.6 Å². The quantitative estimate of drug-likeness (QED) is 0.141. The third-order valence-electron chi connectivity index (χ3n) is 14.5. The number of nitrogens with one attached hydrogen (secondary N) is 3. The highest BCUT2D eigenvalue weighted by Gasteiger charge is 2.31. The van der Waals surface area contributed by atoms with E-state index in [-0.39, 0.29) is 0 Å². The molecule has 4 fully saturated rings. The number of methoxy groups -OCH3 is 2. The van der Waals surface area contributed by atoms with E-state index in [1.165, 1.54) is 59.0 Å². The second kappa shape index (κ2) is 20.5. The lowest BCUT2D eigenvalue weighted by Gasteiger charge is -2.42. The molecule has 12 rings (SSSR count). The molecule has 346 valence electrons. The minimum Gasteiger partial charge on any atom is -0.497 e. The lowest BCUT2D eigenvalue weighted by atomic mass is 9.81. The van der Waals surface area contributed by atoms with Crippen LogP contribution >= 0.6 is 0 Å². The zero-order chi connectivity index (χ0) is 45.5. The van der Waals surface area contributed by atoms with E-state index in [2.05, 4.69) is 105 Å². The highest BCUT2D eigenvalue weighted by atomic mass is 16.5. The van der Waals surface area contributed by atoms with Crippen molar-refractivity contribution in [1.29, 1.82) is 0 Å². The average Bonchev–Trinajstić information content (AvgIpc) is 4.04. The largest absolute Gasteiger partial charge is 0.497 e. The van der Waals surface area contributed by atoms with Crippen LogP contribution in [-0.4, -0.2) is 113 Å². The van der Waals surface area contributed by atoms with Crippen molar-refractivity contribution in [2.75, 3.05) is 76.4 Å². The zero-order valence-corrected chi connectivity index (χ0v) is 38.8. The molecule has 8 heterocycles. The number of hydrogen-bond acceptors (Lipinski definition) is 11. The van der Waals surface area contributed by atoms with E-state index in [4.69, 9.17) is 9.47 Å². The fourth-order valence-corrected chi connectivity index (χ4v) is 10.9. The minimum absolute atomic E-state index is 0.411. The third kappa shape index (κ3) is 9.80. The van der Waals surface area contributed by atoms with Crippen LogP contribution in [0.2, 0.25) is 0 Å². The number of rotatable bonds is 7. The number of piperazine rings is 2. The Kier molecular flexibility index (Phi) is 13.6. The van der Waals surface area contributed by atoms with Gasteiger partial charge >= 0.3 is 0 Å². The number of aromatic amines is 2. The van der Waals surface area contributed by atoms with Crippen LogP contribution in [0.3, 0.4) is 0 Å². The number of anilines is 2. The molecule has 0 amide bonds. The van der Waals surface area contributed by atoms with E-state index < -0.39 is 0 Å². The highest BCUT2D eigenvalue weighted by Crippen LogP contribution is 2.39.